The fourth-order valence-corrected chi connectivity index (χ4v) is 2.97. The van der Waals surface area contributed by atoms with Gasteiger partial charge in [-0.05, 0) is 12.5 Å². The van der Waals surface area contributed by atoms with Crippen LogP contribution in [0.1, 0.15) is 12.0 Å². The number of nitrogens with zero attached hydrogens (tertiary/aromatic N) is 4. The zero-order valence-corrected chi connectivity index (χ0v) is 11.5. The molecule has 0 aliphatic carbocycles. The lowest BCUT2D eigenvalue weighted by molar-refractivity contribution is 0.0209. The van der Waals surface area contributed by atoms with Crippen molar-refractivity contribution in [3.8, 4) is 6.07 Å². The largest absolute Gasteiger partial charge is 0.396 e. The summed E-state index contributed by atoms with van der Waals surface area (Å²) in [5.74, 6) is 0.805. The first-order chi connectivity index (χ1) is 9.78. The van der Waals surface area contributed by atoms with Gasteiger partial charge in [-0.1, -0.05) is 0 Å². The number of nitrogen functional groups attached to an aromatic ring is 1. The van der Waals surface area contributed by atoms with E-state index in [0.29, 0.717) is 17.3 Å². The van der Waals surface area contributed by atoms with Crippen molar-refractivity contribution in [2.45, 2.75) is 12.5 Å². The van der Waals surface area contributed by atoms with Gasteiger partial charge in [-0.15, -0.1) is 0 Å². The Morgan fingerprint density at radius 2 is 2.15 bits per heavy atom. The highest BCUT2D eigenvalue weighted by Gasteiger charge is 2.30. The SMILES string of the molecule is N#Cc1cnc(N2CCC(N3CCOCC3)C2)c(N)c1. The molecule has 3 heterocycles. The number of hydrogen-bond donors (Lipinski definition) is 1. The summed E-state index contributed by atoms with van der Waals surface area (Å²) in [5.41, 5.74) is 7.11. The molecular formula is C14H19N5O. The van der Waals surface area contributed by atoms with E-state index in [1.165, 1.54) is 0 Å². The molecule has 20 heavy (non-hydrogen) atoms. The summed E-state index contributed by atoms with van der Waals surface area (Å²) in [6, 6.07) is 4.31. The zero-order valence-electron chi connectivity index (χ0n) is 11.5. The molecule has 0 bridgehead atoms. The smallest absolute Gasteiger partial charge is 0.151 e. The zero-order chi connectivity index (χ0) is 13.9. The summed E-state index contributed by atoms with van der Waals surface area (Å²) in [6.07, 6.45) is 2.72. The van der Waals surface area contributed by atoms with Crippen LogP contribution >= 0.6 is 0 Å². The van der Waals surface area contributed by atoms with Gasteiger partial charge in [0.05, 0.1) is 24.5 Å². The van der Waals surface area contributed by atoms with Gasteiger partial charge in [0, 0.05) is 38.4 Å². The van der Waals surface area contributed by atoms with Crippen LogP contribution in [-0.2, 0) is 4.74 Å². The average molecular weight is 273 g/mol. The van der Waals surface area contributed by atoms with E-state index in [0.717, 1.165) is 51.6 Å². The Hall–Kier alpha value is -1.84. The summed E-state index contributed by atoms with van der Waals surface area (Å²) in [6.45, 7) is 5.58. The van der Waals surface area contributed by atoms with E-state index in [4.69, 9.17) is 15.7 Å². The van der Waals surface area contributed by atoms with Gasteiger partial charge < -0.3 is 15.4 Å². The lowest BCUT2D eigenvalue weighted by Crippen LogP contribution is -2.44. The van der Waals surface area contributed by atoms with Gasteiger partial charge in [-0.2, -0.15) is 5.26 Å². The second kappa shape index (κ2) is 5.65. The van der Waals surface area contributed by atoms with Crippen molar-refractivity contribution in [3.63, 3.8) is 0 Å². The van der Waals surface area contributed by atoms with Crippen molar-refractivity contribution in [3.05, 3.63) is 17.8 Å². The highest BCUT2D eigenvalue weighted by Crippen LogP contribution is 2.26. The number of nitriles is 1. The summed E-state index contributed by atoms with van der Waals surface area (Å²) in [7, 11) is 0. The topological polar surface area (TPSA) is 78.4 Å². The molecule has 1 unspecified atom stereocenters. The van der Waals surface area contributed by atoms with Crippen LogP contribution in [0, 0.1) is 11.3 Å². The number of ether oxygens (including phenoxy) is 1. The molecular weight excluding hydrogens is 254 g/mol. The van der Waals surface area contributed by atoms with Crippen LogP contribution in [0.3, 0.4) is 0 Å². The minimum Gasteiger partial charge on any atom is -0.396 e. The lowest BCUT2D eigenvalue weighted by Gasteiger charge is -2.32. The van der Waals surface area contributed by atoms with Crippen molar-refractivity contribution >= 4 is 11.5 Å². The lowest BCUT2D eigenvalue weighted by atomic mass is 10.2. The highest BCUT2D eigenvalue weighted by atomic mass is 16.5. The molecule has 2 N–H and O–H groups in total. The van der Waals surface area contributed by atoms with Gasteiger partial charge in [-0.3, -0.25) is 4.90 Å². The average Bonchev–Trinajstić information content (AvgIpc) is 2.97. The van der Waals surface area contributed by atoms with E-state index < -0.39 is 0 Å². The van der Waals surface area contributed by atoms with Gasteiger partial charge in [-0.25, -0.2) is 4.98 Å². The van der Waals surface area contributed by atoms with Gasteiger partial charge in [0.2, 0.25) is 0 Å². The van der Waals surface area contributed by atoms with Crippen molar-refractivity contribution in [1.82, 2.24) is 9.88 Å². The maximum Gasteiger partial charge on any atom is 0.151 e. The number of pyridine rings is 1. The Kier molecular flexibility index (Phi) is 3.72. The van der Waals surface area contributed by atoms with Gasteiger partial charge >= 0.3 is 0 Å². The Morgan fingerprint density at radius 3 is 2.85 bits per heavy atom. The molecule has 0 spiro atoms. The maximum absolute atomic E-state index is 8.85. The molecule has 0 saturated carbocycles. The van der Waals surface area contributed by atoms with Crippen LogP contribution in [0.2, 0.25) is 0 Å². The Balaban J connectivity index is 1.69. The van der Waals surface area contributed by atoms with E-state index in [1.54, 1.807) is 12.3 Å². The van der Waals surface area contributed by atoms with E-state index in [-0.39, 0.29) is 0 Å². The number of hydrogen-bond acceptors (Lipinski definition) is 6. The van der Waals surface area contributed by atoms with Crippen molar-refractivity contribution in [2.24, 2.45) is 0 Å². The fourth-order valence-electron chi connectivity index (χ4n) is 2.97. The van der Waals surface area contributed by atoms with Crippen LogP contribution < -0.4 is 10.6 Å². The number of anilines is 2. The first-order valence-corrected chi connectivity index (χ1v) is 7.00. The number of nitrogens with two attached hydrogens (primary N) is 1. The van der Waals surface area contributed by atoms with Gasteiger partial charge in [0.15, 0.2) is 5.82 Å². The molecule has 1 atom stereocenters. The third kappa shape index (κ3) is 2.55. The predicted molar refractivity (Wildman–Crippen MR) is 76.4 cm³/mol. The van der Waals surface area contributed by atoms with Crippen LogP contribution in [0.5, 0.6) is 0 Å². The summed E-state index contributed by atoms with van der Waals surface area (Å²) in [5, 5.41) is 8.85. The summed E-state index contributed by atoms with van der Waals surface area (Å²) >= 11 is 0. The number of morpholine rings is 1. The highest BCUT2D eigenvalue weighted by molar-refractivity contribution is 5.65. The van der Waals surface area contributed by atoms with Crippen LogP contribution in [0.4, 0.5) is 11.5 Å². The molecule has 2 aliphatic rings. The van der Waals surface area contributed by atoms with Gasteiger partial charge in [0.25, 0.3) is 0 Å². The molecule has 0 amide bonds. The monoisotopic (exact) mass is 273 g/mol. The third-order valence-corrected chi connectivity index (χ3v) is 4.05. The predicted octanol–water partition coefficient (Wildman–Crippen LogP) is 0.446. The molecule has 1 aromatic heterocycles. The molecule has 2 saturated heterocycles. The Bertz CT molecular complexity index is 521. The molecule has 0 radical (unpaired) electrons. The third-order valence-electron chi connectivity index (χ3n) is 4.05. The Labute approximate surface area is 118 Å². The molecule has 2 fully saturated rings. The molecule has 3 rings (SSSR count). The first-order valence-electron chi connectivity index (χ1n) is 7.00. The molecule has 0 aromatic carbocycles. The fraction of sp³-hybridized carbons (Fsp3) is 0.571. The van der Waals surface area contributed by atoms with Crippen molar-refractivity contribution in [1.29, 1.82) is 5.26 Å². The van der Waals surface area contributed by atoms with Gasteiger partial charge in [0.1, 0.15) is 6.07 Å². The maximum atomic E-state index is 8.85. The molecule has 2 aliphatic heterocycles. The van der Waals surface area contributed by atoms with E-state index in [1.807, 2.05) is 0 Å². The minimum absolute atomic E-state index is 0.509. The molecule has 6 heteroatoms. The molecule has 6 nitrogen and oxygen atoms in total. The Morgan fingerprint density at radius 1 is 1.35 bits per heavy atom. The van der Waals surface area contributed by atoms with E-state index in [2.05, 4.69) is 20.9 Å². The van der Waals surface area contributed by atoms with Crippen LogP contribution in [0.25, 0.3) is 0 Å². The summed E-state index contributed by atoms with van der Waals surface area (Å²) < 4.78 is 5.40. The van der Waals surface area contributed by atoms with Crippen molar-refractivity contribution < 1.29 is 4.74 Å². The normalized spacial score (nSPS) is 23.8. The van der Waals surface area contributed by atoms with Crippen LogP contribution in [-0.4, -0.2) is 55.3 Å². The number of aromatic nitrogens is 1. The van der Waals surface area contributed by atoms with E-state index >= 15 is 0 Å². The molecule has 106 valence electrons. The molecule has 1 aromatic rings. The second-order valence-electron chi connectivity index (χ2n) is 5.29. The standard InChI is InChI=1S/C14H19N5O/c15-8-11-7-13(16)14(17-9-11)19-2-1-12(10-19)18-3-5-20-6-4-18/h7,9,12H,1-6,10,16H2. The first kappa shape index (κ1) is 13.2. The van der Waals surface area contributed by atoms with Crippen molar-refractivity contribution in [2.75, 3.05) is 50.0 Å². The minimum atomic E-state index is 0.509. The quantitative estimate of drug-likeness (QED) is 0.842. The van der Waals surface area contributed by atoms with Crippen LogP contribution in [0.15, 0.2) is 12.3 Å². The second-order valence-corrected chi connectivity index (χ2v) is 5.29. The van der Waals surface area contributed by atoms with E-state index in [9.17, 15) is 0 Å². The summed E-state index contributed by atoms with van der Waals surface area (Å²) in [4.78, 5) is 9.05. The number of rotatable bonds is 2.